The zero-order chi connectivity index (χ0) is 8.97. The summed E-state index contributed by atoms with van der Waals surface area (Å²) < 4.78 is 13.1. The van der Waals surface area contributed by atoms with E-state index in [9.17, 15) is 4.39 Å². The standard InChI is InChI=1S/C10H13FS/c1-8-4-2-6-10(11)9(8)5-3-7-12/h2,4,6,12H,3,5,7H2,1H3. The van der Waals surface area contributed by atoms with E-state index in [1.165, 1.54) is 6.07 Å². The first kappa shape index (κ1) is 9.59. The van der Waals surface area contributed by atoms with E-state index >= 15 is 0 Å². The van der Waals surface area contributed by atoms with Crippen LogP contribution >= 0.6 is 12.6 Å². The van der Waals surface area contributed by atoms with Crippen LogP contribution in [0.1, 0.15) is 17.5 Å². The summed E-state index contributed by atoms with van der Waals surface area (Å²) in [7, 11) is 0. The summed E-state index contributed by atoms with van der Waals surface area (Å²) in [5.41, 5.74) is 1.88. The highest BCUT2D eigenvalue weighted by Gasteiger charge is 2.03. The lowest BCUT2D eigenvalue weighted by Gasteiger charge is -2.05. The monoisotopic (exact) mass is 184 g/mol. The van der Waals surface area contributed by atoms with E-state index in [0.29, 0.717) is 0 Å². The molecule has 0 aliphatic carbocycles. The fraction of sp³-hybridized carbons (Fsp3) is 0.400. The highest BCUT2D eigenvalue weighted by Crippen LogP contribution is 2.14. The first-order valence-corrected chi connectivity index (χ1v) is 4.74. The average Bonchev–Trinajstić information content (AvgIpc) is 2.04. The first-order valence-electron chi connectivity index (χ1n) is 4.10. The van der Waals surface area contributed by atoms with Gasteiger partial charge in [-0.2, -0.15) is 12.6 Å². The van der Waals surface area contributed by atoms with Crippen molar-refractivity contribution in [1.29, 1.82) is 0 Å². The number of benzene rings is 1. The first-order chi connectivity index (χ1) is 5.75. The van der Waals surface area contributed by atoms with Crippen LogP contribution in [0.25, 0.3) is 0 Å². The third kappa shape index (κ3) is 2.24. The maximum atomic E-state index is 13.1. The van der Waals surface area contributed by atoms with Gasteiger partial charge in [0.15, 0.2) is 0 Å². The smallest absolute Gasteiger partial charge is 0.126 e. The lowest BCUT2D eigenvalue weighted by atomic mass is 10.0. The van der Waals surface area contributed by atoms with E-state index in [-0.39, 0.29) is 5.82 Å². The summed E-state index contributed by atoms with van der Waals surface area (Å²) in [6.07, 6.45) is 1.73. The largest absolute Gasteiger partial charge is 0.207 e. The molecule has 0 fully saturated rings. The van der Waals surface area contributed by atoms with Gasteiger partial charge in [0.25, 0.3) is 0 Å². The zero-order valence-electron chi connectivity index (χ0n) is 7.18. The van der Waals surface area contributed by atoms with Gasteiger partial charge in [-0.1, -0.05) is 12.1 Å². The molecule has 0 saturated carbocycles. The summed E-state index contributed by atoms with van der Waals surface area (Å²) in [6.45, 7) is 1.94. The van der Waals surface area contributed by atoms with Crippen molar-refractivity contribution in [2.45, 2.75) is 19.8 Å². The average molecular weight is 184 g/mol. The Labute approximate surface area is 78.2 Å². The molecular formula is C10H13FS. The van der Waals surface area contributed by atoms with Gasteiger partial charge in [0.05, 0.1) is 0 Å². The molecule has 0 aromatic heterocycles. The minimum atomic E-state index is -0.0863. The van der Waals surface area contributed by atoms with Crippen LogP contribution in [0.4, 0.5) is 4.39 Å². The molecule has 0 amide bonds. The van der Waals surface area contributed by atoms with Crippen molar-refractivity contribution in [2.75, 3.05) is 5.75 Å². The molecule has 0 atom stereocenters. The van der Waals surface area contributed by atoms with Crippen LogP contribution in [-0.4, -0.2) is 5.75 Å². The molecule has 0 unspecified atom stereocenters. The van der Waals surface area contributed by atoms with Crippen LogP contribution in [0.15, 0.2) is 18.2 Å². The number of halogens is 1. The maximum absolute atomic E-state index is 13.1. The Morgan fingerprint density at radius 1 is 1.42 bits per heavy atom. The molecule has 0 N–H and O–H groups in total. The molecule has 0 nitrogen and oxygen atoms in total. The van der Waals surface area contributed by atoms with E-state index in [0.717, 1.165) is 29.7 Å². The molecule has 66 valence electrons. The van der Waals surface area contributed by atoms with Gasteiger partial charge in [-0.05, 0) is 42.7 Å². The predicted octanol–water partition coefficient (Wildman–Crippen LogP) is 3.00. The van der Waals surface area contributed by atoms with Crippen LogP contribution in [0, 0.1) is 12.7 Å². The lowest BCUT2D eigenvalue weighted by molar-refractivity contribution is 0.605. The van der Waals surface area contributed by atoms with Gasteiger partial charge < -0.3 is 0 Å². The quantitative estimate of drug-likeness (QED) is 0.686. The molecule has 1 rings (SSSR count). The summed E-state index contributed by atoms with van der Waals surface area (Å²) in [4.78, 5) is 0. The topological polar surface area (TPSA) is 0 Å². The van der Waals surface area contributed by atoms with Gasteiger partial charge >= 0.3 is 0 Å². The summed E-state index contributed by atoms with van der Waals surface area (Å²) in [5, 5.41) is 0. The third-order valence-corrected chi connectivity index (χ3v) is 2.25. The van der Waals surface area contributed by atoms with Crippen LogP contribution in [-0.2, 0) is 6.42 Å². The molecule has 1 aromatic carbocycles. The third-order valence-electron chi connectivity index (χ3n) is 1.94. The number of aryl methyl sites for hydroxylation is 1. The Hall–Kier alpha value is -0.500. The number of hydrogen-bond acceptors (Lipinski definition) is 1. The van der Waals surface area contributed by atoms with Crippen LogP contribution in [0.5, 0.6) is 0 Å². The normalized spacial score (nSPS) is 10.2. The lowest BCUT2D eigenvalue weighted by Crippen LogP contribution is -1.94. The fourth-order valence-corrected chi connectivity index (χ4v) is 1.40. The van der Waals surface area contributed by atoms with Crippen molar-refractivity contribution in [3.05, 3.63) is 35.1 Å². The van der Waals surface area contributed by atoms with Crippen LogP contribution < -0.4 is 0 Å². The second kappa shape index (κ2) is 4.51. The van der Waals surface area contributed by atoms with Crippen molar-refractivity contribution in [1.82, 2.24) is 0 Å². The summed E-state index contributed by atoms with van der Waals surface area (Å²) >= 11 is 4.10. The van der Waals surface area contributed by atoms with Gasteiger partial charge in [0.1, 0.15) is 5.82 Å². The Morgan fingerprint density at radius 2 is 2.17 bits per heavy atom. The van der Waals surface area contributed by atoms with E-state index in [1.807, 2.05) is 13.0 Å². The molecule has 0 spiro atoms. The molecule has 0 heterocycles. The Kier molecular flexibility index (Phi) is 3.60. The molecule has 0 aliphatic rings. The molecule has 2 heteroatoms. The number of hydrogen-bond donors (Lipinski definition) is 1. The van der Waals surface area contributed by atoms with Crippen molar-refractivity contribution < 1.29 is 4.39 Å². The van der Waals surface area contributed by atoms with E-state index in [4.69, 9.17) is 0 Å². The van der Waals surface area contributed by atoms with Gasteiger partial charge in [-0.25, -0.2) is 4.39 Å². The number of thiol groups is 1. The maximum Gasteiger partial charge on any atom is 0.126 e. The summed E-state index contributed by atoms with van der Waals surface area (Å²) in [6, 6.07) is 5.20. The van der Waals surface area contributed by atoms with Crippen molar-refractivity contribution in [2.24, 2.45) is 0 Å². The minimum Gasteiger partial charge on any atom is -0.207 e. The molecule has 0 bridgehead atoms. The fourth-order valence-electron chi connectivity index (χ4n) is 1.24. The summed E-state index contributed by atoms with van der Waals surface area (Å²) in [5.74, 6) is 0.727. The Bertz CT molecular complexity index is 238. The van der Waals surface area contributed by atoms with Crippen LogP contribution in [0.3, 0.4) is 0 Å². The Morgan fingerprint density at radius 3 is 2.75 bits per heavy atom. The highest BCUT2D eigenvalue weighted by atomic mass is 32.1. The second-order valence-electron chi connectivity index (χ2n) is 2.86. The predicted molar refractivity (Wildman–Crippen MR) is 53.3 cm³/mol. The molecule has 0 radical (unpaired) electrons. The zero-order valence-corrected chi connectivity index (χ0v) is 8.07. The van der Waals surface area contributed by atoms with Gasteiger partial charge in [0.2, 0.25) is 0 Å². The molecule has 1 aromatic rings. The van der Waals surface area contributed by atoms with Crippen molar-refractivity contribution in [3.8, 4) is 0 Å². The molecule has 0 aliphatic heterocycles. The SMILES string of the molecule is Cc1cccc(F)c1CCCS. The van der Waals surface area contributed by atoms with Crippen molar-refractivity contribution in [3.63, 3.8) is 0 Å². The minimum absolute atomic E-state index is 0.0863. The van der Waals surface area contributed by atoms with Gasteiger partial charge in [-0.3, -0.25) is 0 Å². The molecular weight excluding hydrogens is 171 g/mol. The van der Waals surface area contributed by atoms with Crippen molar-refractivity contribution >= 4 is 12.6 Å². The Balaban J connectivity index is 2.81. The molecule has 12 heavy (non-hydrogen) atoms. The highest BCUT2D eigenvalue weighted by molar-refractivity contribution is 7.80. The van der Waals surface area contributed by atoms with E-state index in [2.05, 4.69) is 12.6 Å². The van der Waals surface area contributed by atoms with E-state index < -0.39 is 0 Å². The van der Waals surface area contributed by atoms with Crippen LogP contribution in [0.2, 0.25) is 0 Å². The van der Waals surface area contributed by atoms with Gasteiger partial charge in [0, 0.05) is 0 Å². The van der Waals surface area contributed by atoms with Gasteiger partial charge in [-0.15, -0.1) is 0 Å². The van der Waals surface area contributed by atoms with E-state index in [1.54, 1.807) is 6.07 Å². The second-order valence-corrected chi connectivity index (χ2v) is 3.31. The molecule has 0 saturated heterocycles. The number of rotatable bonds is 3.